The van der Waals surface area contributed by atoms with Gasteiger partial charge in [-0.25, -0.2) is 15.0 Å². The van der Waals surface area contributed by atoms with Gasteiger partial charge in [0.2, 0.25) is 0 Å². The zero-order chi connectivity index (χ0) is 29.0. The second-order valence-corrected chi connectivity index (χ2v) is 10.9. The van der Waals surface area contributed by atoms with Gasteiger partial charge in [0.25, 0.3) is 0 Å². The number of hydrogen-bond donors (Lipinski definition) is 0. The predicted octanol–water partition coefficient (Wildman–Crippen LogP) is 9.87. The molecule has 6 aromatic carbocycles. The summed E-state index contributed by atoms with van der Waals surface area (Å²) < 4.78 is 8.86. The number of para-hydroxylation sites is 2. The summed E-state index contributed by atoms with van der Waals surface area (Å²) in [5.74, 6) is 1.87. The number of aromatic nitrogens is 4. The van der Waals surface area contributed by atoms with E-state index in [1.807, 2.05) is 78.9 Å². The molecule has 0 bridgehead atoms. The molecule has 0 aliphatic rings. The zero-order valence-electron chi connectivity index (χ0n) is 23.6. The number of benzene rings is 6. The summed E-state index contributed by atoms with van der Waals surface area (Å²) in [4.78, 5) is 14.9. The van der Waals surface area contributed by atoms with Gasteiger partial charge in [0.15, 0.2) is 17.5 Å². The summed E-state index contributed by atoms with van der Waals surface area (Å²) in [7, 11) is 0. The van der Waals surface area contributed by atoms with Gasteiger partial charge < -0.3 is 8.98 Å². The maximum Gasteiger partial charge on any atom is 0.164 e. The monoisotopic (exact) mass is 564 g/mol. The maximum atomic E-state index is 6.55. The molecule has 3 aromatic heterocycles. The number of furan rings is 1. The molecule has 0 N–H and O–H groups in total. The zero-order valence-corrected chi connectivity index (χ0v) is 23.6. The van der Waals surface area contributed by atoms with E-state index in [9.17, 15) is 0 Å². The average molecular weight is 565 g/mol. The van der Waals surface area contributed by atoms with Crippen LogP contribution < -0.4 is 0 Å². The molecule has 0 saturated carbocycles. The summed E-state index contributed by atoms with van der Waals surface area (Å²) in [6.07, 6.45) is 0. The Bertz CT molecular complexity index is 2420. The molecule has 9 aromatic rings. The highest BCUT2D eigenvalue weighted by atomic mass is 16.3. The normalized spacial score (nSPS) is 11.6. The lowest BCUT2D eigenvalue weighted by Gasteiger charge is -2.09. The Hall–Kier alpha value is -6.07. The predicted molar refractivity (Wildman–Crippen MR) is 178 cm³/mol. The van der Waals surface area contributed by atoms with Crippen LogP contribution in [0.1, 0.15) is 0 Å². The van der Waals surface area contributed by atoms with Gasteiger partial charge in [-0.1, -0.05) is 109 Å². The van der Waals surface area contributed by atoms with Gasteiger partial charge in [-0.05, 0) is 30.3 Å². The van der Waals surface area contributed by atoms with Crippen LogP contribution in [0.15, 0.2) is 150 Å². The molecule has 0 radical (unpaired) electrons. The number of nitrogens with zero attached hydrogens (tertiary/aromatic N) is 4. The van der Waals surface area contributed by atoms with Crippen LogP contribution in [0.2, 0.25) is 0 Å². The van der Waals surface area contributed by atoms with Crippen molar-refractivity contribution in [2.45, 2.75) is 0 Å². The van der Waals surface area contributed by atoms with Gasteiger partial charge in [-0.2, -0.15) is 0 Å². The summed E-state index contributed by atoms with van der Waals surface area (Å²) in [5.41, 5.74) is 7.77. The third kappa shape index (κ3) is 3.83. The molecular formula is C39H24N4O. The summed E-state index contributed by atoms with van der Waals surface area (Å²) >= 11 is 0. The van der Waals surface area contributed by atoms with E-state index in [4.69, 9.17) is 19.4 Å². The van der Waals surface area contributed by atoms with Crippen LogP contribution in [0.3, 0.4) is 0 Å². The van der Waals surface area contributed by atoms with E-state index in [-0.39, 0.29) is 0 Å². The number of fused-ring (bicyclic) bond motifs is 6. The molecule has 9 rings (SSSR count). The van der Waals surface area contributed by atoms with Crippen molar-refractivity contribution >= 4 is 43.7 Å². The van der Waals surface area contributed by atoms with E-state index in [1.165, 1.54) is 10.8 Å². The Kier molecular flexibility index (Phi) is 5.43. The van der Waals surface area contributed by atoms with Crippen molar-refractivity contribution in [2.75, 3.05) is 0 Å². The van der Waals surface area contributed by atoms with Crippen LogP contribution in [0.5, 0.6) is 0 Å². The van der Waals surface area contributed by atoms with E-state index in [0.29, 0.717) is 17.5 Å². The third-order valence-electron chi connectivity index (χ3n) is 8.24. The van der Waals surface area contributed by atoms with Crippen molar-refractivity contribution in [3.8, 4) is 39.9 Å². The SMILES string of the molecule is c1ccc(-c2nc(-c3ccccc3)nc(-c3cccc4oc5cc6c(cc5c34)c3ccccc3n6-c3ccccc3)n2)cc1. The fourth-order valence-corrected chi connectivity index (χ4v) is 6.26. The van der Waals surface area contributed by atoms with Gasteiger partial charge in [0, 0.05) is 50.0 Å². The molecule has 0 amide bonds. The van der Waals surface area contributed by atoms with Crippen LogP contribution in [0.25, 0.3) is 83.6 Å². The van der Waals surface area contributed by atoms with E-state index >= 15 is 0 Å². The largest absolute Gasteiger partial charge is 0.456 e. The van der Waals surface area contributed by atoms with Gasteiger partial charge in [0.1, 0.15) is 11.2 Å². The van der Waals surface area contributed by atoms with Gasteiger partial charge in [0.05, 0.1) is 11.0 Å². The van der Waals surface area contributed by atoms with Crippen LogP contribution in [-0.2, 0) is 0 Å². The fraction of sp³-hybridized carbons (Fsp3) is 0. The van der Waals surface area contributed by atoms with Gasteiger partial charge in [-0.3, -0.25) is 0 Å². The third-order valence-corrected chi connectivity index (χ3v) is 8.24. The summed E-state index contributed by atoms with van der Waals surface area (Å²) in [6.45, 7) is 0. The number of hydrogen-bond acceptors (Lipinski definition) is 4. The van der Waals surface area contributed by atoms with Crippen molar-refractivity contribution < 1.29 is 4.42 Å². The molecule has 0 aliphatic heterocycles. The molecule has 0 aliphatic carbocycles. The quantitative estimate of drug-likeness (QED) is 0.213. The molecule has 0 atom stereocenters. The fourth-order valence-electron chi connectivity index (χ4n) is 6.26. The molecule has 0 fully saturated rings. The molecule has 5 nitrogen and oxygen atoms in total. The molecule has 0 unspecified atom stereocenters. The lowest BCUT2D eigenvalue weighted by molar-refractivity contribution is 0.669. The Morgan fingerprint density at radius 1 is 0.432 bits per heavy atom. The topological polar surface area (TPSA) is 56.7 Å². The summed E-state index contributed by atoms with van der Waals surface area (Å²) in [6, 6.07) is 49.7. The molecule has 44 heavy (non-hydrogen) atoms. The van der Waals surface area contributed by atoms with Crippen LogP contribution >= 0.6 is 0 Å². The highest BCUT2D eigenvalue weighted by Crippen LogP contribution is 2.41. The molecular weight excluding hydrogens is 540 g/mol. The smallest absolute Gasteiger partial charge is 0.164 e. The second-order valence-electron chi connectivity index (χ2n) is 10.9. The molecule has 0 spiro atoms. The summed E-state index contributed by atoms with van der Waals surface area (Å²) in [5, 5.41) is 4.38. The molecule has 5 heteroatoms. The standard InChI is InChI=1S/C39H24N4O/c1-4-13-25(14-5-1)37-40-38(26-15-6-2-7-16-26)42-39(41-37)29-20-12-22-34-36(29)31-23-30-28-19-10-11-21-32(28)43(27-17-8-3-9-18-27)33(30)24-35(31)44-34/h1-24H. The van der Waals surface area contributed by atoms with Gasteiger partial charge >= 0.3 is 0 Å². The first kappa shape index (κ1) is 24.5. The minimum atomic E-state index is 0.609. The minimum Gasteiger partial charge on any atom is -0.456 e. The number of rotatable bonds is 4. The lowest BCUT2D eigenvalue weighted by atomic mass is 10.0. The van der Waals surface area contributed by atoms with Crippen molar-refractivity contribution in [3.63, 3.8) is 0 Å². The average Bonchev–Trinajstić information content (AvgIpc) is 3.63. The van der Waals surface area contributed by atoms with Crippen LogP contribution in [-0.4, -0.2) is 19.5 Å². The van der Waals surface area contributed by atoms with Crippen molar-refractivity contribution in [1.29, 1.82) is 0 Å². The van der Waals surface area contributed by atoms with Crippen molar-refractivity contribution in [1.82, 2.24) is 19.5 Å². The first-order valence-electron chi connectivity index (χ1n) is 14.6. The molecule has 3 heterocycles. The Balaban J connectivity index is 1.34. The Morgan fingerprint density at radius 3 is 1.75 bits per heavy atom. The van der Waals surface area contributed by atoms with E-state index in [0.717, 1.165) is 55.3 Å². The van der Waals surface area contributed by atoms with E-state index < -0.39 is 0 Å². The highest BCUT2D eigenvalue weighted by Gasteiger charge is 2.20. The Morgan fingerprint density at radius 2 is 1.05 bits per heavy atom. The van der Waals surface area contributed by atoms with Crippen molar-refractivity contribution in [3.05, 3.63) is 146 Å². The second kappa shape index (κ2) is 9.75. The highest BCUT2D eigenvalue weighted by molar-refractivity contribution is 6.19. The van der Waals surface area contributed by atoms with E-state index in [2.05, 4.69) is 71.3 Å². The van der Waals surface area contributed by atoms with Crippen LogP contribution in [0, 0.1) is 0 Å². The Labute approximate surface area is 252 Å². The first-order valence-corrected chi connectivity index (χ1v) is 14.6. The lowest BCUT2D eigenvalue weighted by Crippen LogP contribution is -2.00. The first-order chi connectivity index (χ1) is 21.8. The van der Waals surface area contributed by atoms with Crippen LogP contribution in [0.4, 0.5) is 0 Å². The van der Waals surface area contributed by atoms with Crippen molar-refractivity contribution in [2.24, 2.45) is 0 Å². The maximum absolute atomic E-state index is 6.55. The van der Waals surface area contributed by atoms with Gasteiger partial charge in [-0.15, -0.1) is 0 Å². The minimum absolute atomic E-state index is 0.609. The molecule has 206 valence electrons. The van der Waals surface area contributed by atoms with E-state index in [1.54, 1.807) is 0 Å². The molecule has 0 saturated heterocycles.